The number of rotatable bonds is 0. The zero-order valence-electron chi connectivity index (χ0n) is 7.00. The van der Waals surface area contributed by atoms with Gasteiger partial charge in [0, 0.05) is 25.3 Å². The van der Waals surface area contributed by atoms with E-state index < -0.39 is 0 Å². The van der Waals surface area contributed by atoms with Crippen LogP contribution in [-0.4, -0.2) is 36.8 Å². The van der Waals surface area contributed by atoms with Gasteiger partial charge in [-0.25, -0.2) is 0 Å². The predicted octanol–water partition coefficient (Wildman–Crippen LogP) is 1.32. The molecule has 1 fully saturated rings. The first-order valence-electron chi connectivity index (χ1n) is 4.71. The second kappa shape index (κ2) is 3.35. The van der Waals surface area contributed by atoms with E-state index in [0.29, 0.717) is 6.04 Å². The van der Waals surface area contributed by atoms with Crippen molar-refractivity contribution < 1.29 is 0 Å². The van der Waals surface area contributed by atoms with Crippen molar-refractivity contribution in [1.29, 1.82) is 0 Å². The highest BCUT2D eigenvalue weighted by Crippen LogP contribution is 2.17. The molecule has 1 saturated heterocycles. The molecule has 0 aliphatic carbocycles. The summed E-state index contributed by atoms with van der Waals surface area (Å²) in [5.41, 5.74) is 0. The van der Waals surface area contributed by atoms with Crippen LogP contribution < -0.4 is 0 Å². The zero-order valence-corrected chi connectivity index (χ0v) is 7.00. The van der Waals surface area contributed by atoms with E-state index in [1.54, 1.807) is 0 Å². The maximum Gasteiger partial charge on any atom is 0.0446 e. The van der Waals surface area contributed by atoms with Crippen LogP contribution in [-0.2, 0) is 0 Å². The molecule has 0 aromatic heterocycles. The Kier molecular flexibility index (Phi) is 2.22. The van der Waals surface area contributed by atoms with Crippen molar-refractivity contribution in [2.45, 2.75) is 31.7 Å². The Morgan fingerprint density at radius 1 is 1.18 bits per heavy atom. The van der Waals surface area contributed by atoms with Crippen LogP contribution in [0.15, 0.2) is 4.99 Å². The summed E-state index contributed by atoms with van der Waals surface area (Å²) in [6, 6.07) is 0.686. The number of nitrogens with zero attached hydrogens (tertiary/aromatic N) is 2. The van der Waals surface area contributed by atoms with E-state index in [1.807, 2.05) is 0 Å². The largest absolute Gasteiger partial charge is 0.296 e. The van der Waals surface area contributed by atoms with E-state index in [1.165, 1.54) is 38.8 Å². The number of piperidine rings is 1. The van der Waals surface area contributed by atoms with E-state index >= 15 is 0 Å². The average Bonchev–Trinajstić information content (AvgIpc) is 2.28. The Morgan fingerprint density at radius 3 is 3.09 bits per heavy atom. The second-order valence-corrected chi connectivity index (χ2v) is 3.51. The van der Waals surface area contributed by atoms with Gasteiger partial charge in [-0.1, -0.05) is 6.42 Å². The standard InChI is InChI=1S/C9H16N2/c1-2-6-11-7-3-5-10-8-9(11)4-1/h8-9H,1-7H2. The molecule has 0 amide bonds. The highest BCUT2D eigenvalue weighted by molar-refractivity contribution is 5.64. The highest BCUT2D eigenvalue weighted by Gasteiger charge is 2.20. The molecule has 0 saturated carbocycles. The van der Waals surface area contributed by atoms with Crippen LogP contribution in [0.25, 0.3) is 0 Å². The topological polar surface area (TPSA) is 15.6 Å². The summed E-state index contributed by atoms with van der Waals surface area (Å²) in [5.74, 6) is 0. The molecule has 0 aromatic carbocycles. The SMILES string of the molecule is C1=NCCCN2CCCCC12. The normalized spacial score (nSPS) is 32.9. The molecular formula is C9H16N2. The van der Waals surface area contributed by atoms with Gasteiger partial charge in [0.25, 0.3) is 0 Å². The van der Waals surface area contributed by atoms with Crippen molar-refractivity contribution in [1.82, 2.24) is 4.90 Å². The van der Waals surface area contributed by atoms with E-state index in [9.17, 15) is 0 Å². The lowest BCUT2D eigenvalue weighted by Gasteiger charge is -2.31. The zero-order chi connectivity index (χ0) is 7.52. The molecule has 0 spiro atoms. The van der Waals surface area contributed by atoms with Crippen LogP contribution in [0.4, 0.5) is 0 Å². The lowest BCUT2D eigenvalue weighted by molar-refractivity contribution is 0.198. The first-order chi connectivity index (χ1) is 5.47. The minimum absolute atomic E-state index is 0.686. The second-order valence-electron chi connectivity index (χ2n) is 3.51. The lowest BCUT2D eigenvalue weighted by atomic mass is 10.0. The Labute approximate surface area is 68.3 Å². The molecule has 0 radical (unpaired) electrons. The van der Waals surface area contributed by atoms with Gasteiger partial charge in [0.2, 0.25) is 0 Å². The van der Waals surface area contributed by atoms with Gasteiger partial charge in [-0.05, 0) is 25.8 Å². The Morgan fingerprint density at radius 2 is 2.09 bits per heavy atom. The van der Waals surface area contributed by atoms with Gasteiger partial charge in [-0.15, -0.1) is 0 Å². The monoisotopic (exact) mass is 152 g/mol. The van der Waals surface area contributed by atoms with Gasteiger partial charge in [0.15, 0.2) is 0 Å². The molecule has 2 aliphatic heterocycles. The van der Waals surface area contributed by atoms with Crippen molar-refractivity contribution in [3.8, 4) is 0 Å². The third-order valence-electron chi connectivity index (χ3n) is 2.67. The summed E-state index contributed by atoms with van der Waals surface area (Å²) in [4.78, 5) is 6.97. The maximum absolute atomic E-state index is 4.39. The van der Waals surface area contributed by atoms with Crippen LogP contribution in [0.1, 0.15) is 25.7 Å². The summed E-state index contributed by atoms with van der Waals surface area (Å²) in [5, 5.41) is 0. The molecule has 1 atom stereocenters. The van der Waals surface area contributed by atoms with E-state index in [0.717, 1.165) is 6.54 Å². The molecular weight excluding hydrogens is 136 g/mol. The van der Waals surface area contributed by atoms with Gasteiger partial charge in [-0.2, -0.15) is 0 Å². The van der Waals surface area contributed by atoms with Crippen molar-refractivity contribution in [2.24, 2.45) is 4.99 Å². The lowest BCUT2D eigenvalue weighted by Crippen LogP contribution is -2.40. The fourth-order valence-corrected chi connectivity index (χ4v) is 2.02. The van der Waals surface area contributed by atoms with Crippen molar-refractivity contribution in [3.05, 3.63) is 0 Å². The summed E-state index contributed by atoms with van der Waals surface area (Å²) in [6.07, 6.45) is 7.56. The summed E-state index contributed by atoms with van der Waals surface area (Å²) in [6.45, 7) is 3.62. The quantitative estimate of drug-likeness (QED) is 0.511. The minimum Gasteiger partial charge on any atom is -0.296 e. The fraction of sp³-hybridized carbons (Fsp3) is 0.889. The molecule has 0 aromatic rings. The van der Waals surface area contributed by atoms with E-state index in [4.69, 9.17) is 0 Å². The van der Waals surface area contributed by atoms with Crippen molar-refractivity contribution in [3.63, 3.8) is 0 Å². The molecule has 2 rings (SSSR count). The van der Waals surface area contributed by atoms with Crippen molar-refractivity contribution in [2.75, 3.05) is 19.6 Å². The first kappa shape index (κ1) is 7.29. The maximum atomic E-state index is 4.39. The first-order valence-corrected chi connectivity index (χ1v) is 4.71. The summed E-state index contributed by atoms with van der Waals surface area (Å²) >= 11 is 0. The Hall–Kier alpha value is -0.370. The fourth-order valence-electron chi connectivity index (χ4n) is 2.02. The van der Waals surface area contributed by atoms with Gasteiger partial charge in [-0.3, -0.25) is 9.89 Å². The smallest absolute Gasteiger partial charge is 0.0446 e. The van der Waals surface area contributed by atoms with Crippen LogP contribution in [0, 0.1) is 0 Å². The number of fused-ring (bicyclic) bond motifs is 1. The van der Waals surface area contributed by atoms with Crippen LogP contribution in [0.2, 0.25) is 0 Å². The molecule has 2 aliphatic rings. The van der Waals surface area contributed by atoms with Gasteiger partial charge < -0.3 is 0 Å². The van der Waals surface area contributed by atoms with E-state index in [2.05, 4.69) is 16.1 Å². The third-order valence-corrected chi connectivity index (χ3v) is 2.67. The minimum atomic E-state index is 0.686. The summed E-state index contributed by atoms with van der Waals surface area (Å²) in [7, 11) is 0. The van der Waals surface area contributed by atoms with Crippen LogP contribution in [0.5, 0.6) is 0 Å². The molecule has 2 nitrogen and oxygen atoms in total. The highest BCUT2D eigenvalue weighted by atomic mass is 15.2. The molecule has 0 bridgehead atoms. The third kappa shape index (κ3) is 1.62. The molecule has 2 heterocycles. The average molecular weight is 152 g/mol. The Bertz CT molecular complexity index is 154. The molecule has 11 heavy (non-hydrogen) atoms. The molecule has 62 valence electrons. The molecule has 2 heteroatoms. The Balaban J connectivity index is 2.02. The number of aliphatic imine (C=N–C) groups is 1. The van der Waals surface area contributed by atoms with Crippen LogP contribution >= 0.6 is 0 Å². The summed E-state index contributed by atoms with van der Waals surface area (Å²) < 4.78 is 0. The van der Waals surface area contributed by atoms with E-state index in [-0.39, 0.29) is 0 Å². The van der Waals surface area contributed by atoms with Crippen molar-refractivity contribution >= 4 is 6.21 Å². The number of hydrogen-bond donors (Lipinski definition) is 0. The van der Waals surface area contributed by atoms with Gasteiger partial charge >= 0.3 is 0 Å². The molecule has 0 N–H and O–H groups in total. The molecule has 1 unspecified atom stereocenters. The van der Waals surface area contributed by atoms with Gasteiger partial charge in [0.05, 0.1) is 0 Å². The number of hydrogen-bond acceptors (Lipinski definition) is 2. The van der Waals surface area contributed by atoms with Crippen LogP contribution in [0.3, 0.4) is 0 Å². The van der Waals surface area contributed by atoms with Gasteiger partial charge in [0.1, 0.15) is 0 Å². The predicted molar refractivity (Wildman–Crippen MR) is 47.2 cm³/mol.